The summed E-state index contributed by atoms with van der Waals surface area (Å²) in [7, 11) is 0. The van der Waals surface area contributed by atoms with Crippen molar-refractivity contribution in [1.82, 2.24) is 0 Å². The van der Waals surface area contributed by atoms with E-state index in [1.165, 1.54) is 12.1 Å². The van der Waals surface area contributed by atoms with Crippen molar-refractivity contribution in [1.29, 1.82) is 0 Å². The van der Waals surface area contributed by atoms with E-state index in [1.54, 1.807) is 6.07 Å². The van der Waals surface area contributed by atoms with Gasteiger partial charge in [0.2, 0.25) is 0 Å². The summed E-state index contributed by atoms with van der Waals surface area (Å²) in [6, 6.07) is 4.63. The second-order valence-electron chi connectivity index (χ2n) is 5.63. The van der Waals surface area contributed by atoms with Gasteiger partial charge in [-0.25, -0.2) is 0 Å². The van der Waals surface area contributed by atoms with Crippen molar-refractivity contribution < 1.29 is 13.2 Å². The Kier molecular flexibility index (Phi) is 4.28. The number of anilines is 1. The molecule has 0 aromatic heterocycles. The zero-order chi connectivity index (χ0) is 14.9. The molecule has 2 N–H and O–H groups in total. The lowest BCUT2D eigenvalue weighted by molar-refractivity contribution is -0.137. The second kappa shape index (κ2) is 5.64. The van der Waals surface area contributed by atoms with Crippen LogP contribution in [0.4, 0.5) is 18.9 Å². The van der Waals surface area contributed by atoms with Gasteiger partial charge in [-0.3, -0.25) is 0 Å². The Bertz CT molecular complexity index is 469. The Morgan fingerprint density at radius 2 is 2.05 bits per heavy atom. The average molecular weight is 286 g/mol. The molecule has 0 spiro atoms. The molecule has 0 aliphatic carbocycles. The van der Waals surface area contributed by atoms with E-state index in [9.17, 15) is 13.2 Å². The van der Waals surface area contributed by atoms with E-state index in [1.807, 2.05) is 0 Å². The maximum Gasteiger partial charge on any atom is 0.416 e. The van der Waals surface area contributed by atoms with Crippen molar-refractivity contribution in [2.24, 2.45) is 5.73 Å². The van der Waals surface area contributed by atoms with E-state index in [-0.39, 0.29) is 12.1 Å². The van der Waals surface area contributed by atoms with Gasteiger partial charge in [-0.2, -0.15) is 13.2 Å². The van der Waals surface area contributed by atoms with E-state index in [0.717, 1.165) is 24.1 Å². The summed E-state index contributed by atoms with van der Waals surface area (Å²) in [6.45, 7) is 4.76. The lowest BCUT2D eigenvalue weighted by atomic mass is 10.0. The van der Waals surface area contributed by atoms with Gasteiger partial charge in [-0.1, -0.05) is 0 Å². The Morgan fingerprint density at radius 3 is 2.60 bits per heavy atom. The van der Waals surface area contributed by atoms with Crippen molar-refractivity contribution >= 4 is 5.69 Å². The molecule has 0 bridgehead atoms. The van der Waals surface area contributed by atoms with Crippen LogP contribution in [0.5, 0.6) is 0 Å². The van der Waals surface area contributed by atoms with Gasteiger partial charge < -0.3 is 10.6 Å². The van der Waals surface area contributed by atoms with Gasteiger partial charge in [0, 0.05) is 17.8 Å². The molecule has 1 heterocycles. The molecule has 5 heteroatoms. The normalized spacial score (nSPS) is 18.8. The first-order chi connectivity index (χ1) is 9.34. The number of hydrogen-bond donors (Lipinski definition) is 1. The first-order valence-corrected chi connectivity index (χ1v) is 7.03. The lowest BCUT2D eigenvalue weighted by Gasteiger charge is -2.31. The van der Waals surface area contributed by atoms with Crippen LogP contribution in [0.15, 0.2) is 18.2 Å². The van der Waals surface area contributed by atoms with Gasteiger partial charge in [0.1, 0.15) is 0 Å². The number of nitrogens with zero attached hydrogens (tertiary/aromatic N) is 1. The highest BCUT2D eigenvalue weighted by atomic mass is 19.4. The molecule has 0 amide bonds. The molecule has 1 unspecified atom stereocenters. The van der Waals surface area contributed by atoms with E-state index in [4.69, 9.17) is 5.73 Å². The quantitative estimate of drug-likeness (QED) is 0.916. The summed E-state index contributed by atoms with van der Waals surface area (Å²) < 4.78 is 38.3. The molecule has 1 aliphatic rings. The molecule has 2 nitrogen and oxygen atoms in total. The van der Waals surface area contributed by atoms with Crippen LogP contribution in [0.2, 0.25) is 0 Å². The molecule has 0 saturated carbocycles. The third kappa shape index (κ3) is 2.92. The van der Waals surface area contributed by atoms with Crippen LogP contribution in [-0.2, 0) is 12.6 Å². The molecule has 1 aromatic rings. The van der Waals surface area contributed by atoms with Gasteiger partial charge in [-0.05, 0) is 63.4 Å². The molecule has 1 atom stereocenters. The molecule has 0 fully saturated rings. The Hall–Kier alpha value is -1.23. The summed E-state index contributed by atoms with van der Waals surface area (Å²) in [5, 5.41) is 0. The average Bonchev–Trinajstić information content (AvgIpc) is 2.72. The predicted molar refractivity (Wildman–Crippen MR) is 74.8 cm³/mol. The summed E-state index contributed by atoms with van der Waals surface area (Å²) in [4.78, 5) is 2.23. The van der Waals surface area contributed by atoms with Gasteiger partial charge in [0.05, 0.1) is 5.56 Å². The third-order valence-electron chi connectivity index (χ3n) is 3.83. The molecule has 20 heavy (non-hydrogen) atoms. The lowest BCUT2D eigenvalue weighted by Crippen LogP contribution is -2.38. The number of halogens is 3. The number of rotatable bonds is 4. The maximum atomic E-state index is 12.8. The van der Waals surface area contributed by atoms with Gasteiger partial charge in [0.25, 0.3) is 0 Å². The smallest absolute Gasteiger partial charge is 0.366 e. The monoisotopic (exact) mass is 286 g/mol. The van der Waals surface area contributed by atoms with Crippen molar-refractivity contribution in [2.75, 3.05) is 11.4 Å². The van der Waals surface area contributed by atoms with Gasteiger partial charge in [-0.15, -0.1) is 0 Å². The largest absolute Gasteiger partial charge is 0.416 e. The number of hydrogen-bond acceptors (Lipinski definition) is 2. The fourth-order valence-corrected chi connectivity index (χ4v) is 3.02. The Morgan fingerprint density at radius 1 is 1.35 bits per heavy atom. The minimum Gasteiger partial charge on any atom is -0.366 e. The molecule has 0 radical (unpaired) electrons. The first-order valence-electron chi connectivity index (χ1n) is 7.03. The van der Waals surface area contributed by atoms with E-state index >= 15 is 0 Å². The van der Waals surface area contributed by atoms with Crippen LogP contribution in [0.1, 0.15) is 37.8 Å². The fourth-order valence-electron chi connectivity index (χ4n) is 3.02. The van der Waals surface area contributed by atoms with E-state index in [0.29, 0.717) is 13.0 Å². The van der Waals surface area contributed by atoms with Crippen molar-refractivity contribution in [3.8, 4) is 0 Å². The summed E-state index contributed by atoms with van der Waals surface area (Å²) in [5.74, 6) is 0. The van der Waals surface area contributed by atoms with Gasteiger partial charge in [0.15, 0.2) is 0 Å². The third-order valence-corrected chi connectivity index (χ3v) is 3.83. The van der Waals surface area contributed by atoms with Crippen molar-refractivity contribution in [3.05, 3.63) is 29.3 Å². The minimum atomic E-state index is -4.27. The maximum absolute atomic E-state index is 12.8. The van der Waals surface area contributed by atoms with Gasteiger partial charge >= 0.3 is 6.18 Å². The summed E-state index contributed by atoms with van der Waals surface area (Å²) in [5.41, 5.74) is 6.73. The second-order valence-corrected chi connectivity index (χ2v) is 5.63. The first kappa shape index (κ1) is 15.2. The topological polar surface area (TPSA) is 29.3 Å². The van der Waals surface area contributed by atoms with Crippen LogP contribution in [-0.4, -0.2) is 18.6 Å². The van der Waals surface area contributed by atoms with Crippen LogP contribution in [0.25, 0.3) is 0 Å². The SMILES string of the molecule is CC(C)N1c2ccc(C(F)(F)F)cc2CC1CCCN. The number of nitrogens with two attached hydrogens (primary N) is 1. The number of fused-ring (bicyclic) bond motifs is 1. The van der Waals surface area contributed by atoms with Crippen molar-refractivity contribution in [2.45, 2.75) is 51.4 Å². The molecule has 112 valence electrons. The highest BCUT2D eigenvalue weighted by Crippen LogP contribution is 2.39. The summed E-state index contributed by atoms with van der Waals surface area (Å²) in [6.07, 6.45) is -1.77. The van der Waals surface area contributed by atoms with Crippen LogP contribution >= 0.6 is 0 Å². The molecule has 2 rings (SSSR count). The Balaban J connectivity index is 2.30. The molecule has 1 aliphatic heterocycles. The fraction of sp³-hybridized carbons (Fsp3) is 0.600. The molecule has 1 aromatic carbocycles. The highest BCUT2D eigenvalue weighted by molar-refractivity contribution is 5.61. The number of alkyl halides is 3. The van der Waals surface area contributed by atoms with Crippen LogP contribution < -0.4 is 10.6 Å². The highest BCUT2D eigenvalue weighted by Gasteiger charge is 2.35. The zero-order valence-electron chi connectivity index (χ0n) is 11.9. The van der Waals surface area contributed by atoms with Crippen LogP contribution in [0.3, 0.4) is 0 Å². The molecular weight excluding hydrogens is 265 g/mol. The number of benzene rings is 1. The Labute approximate surface area is 117 Å². The summed E-state index contributed by atoms with van der Waals surface area (Å²) >= 11 is 0. The zero-order valence-corrected chi connectivity index (χ0v) is 11.9. The van der Waals surface area contributed by atoms with Crippen LogP contribution in [0, 0.1) is 0 Å². The van der Waals surface area contributed by atoms with Crippen molar-refractivity contribution in [3.63, 3.8) is 0 Å². The standard InChI is InChI=1S/C15H21F3N2/c1-10(2)20-13(4-3-7-19)9-11-8-12(15(16,17)18)5-6-14(11)20/h5-6,8,10,13H,3-4,7,9,19H2,1-2H3. The van der Waals surface area contributed by atoms with E-state index in [2.05, 4.69) is 18.7 Å². The minimum absolute atomic E-state index is 0.261. The predicted octanol–water partition coefficient (Wildman–Crippen LogP) is 3.58. The molecular formula is C15H21F3N2. The van der Waals surface area contributed by atoms with E-state index < -0.39 is 11.7 Å². The molecule has 0 saturated heterocycles.